The molecule has 1 atom stereocenters. The van der Waals surface area contributed by atoms with Crippen molar-refractivity contribution in [1.29, 1.82) is 0 Å². The minimum atomic E-state index is 0.744. The first-order chi connectivity index (χ1) is 8.79. The average Bonchev–Trinajstić information content (AvgIpc) is 3.00. The van der Waals surface area contributed by atoms with Crippen LogP contribution in [0.4, 0.5) is 0 Å². The SMILES string of the molecule is CCn1cccc1CNCC(C)CN1CCCC1. The number of aryl methyl sites for hydroxylation is 1. The van der Waals surface area contributed by atoms with Gasteiger partial charge in [0, 0.05) is 31.5 Å². The molecule has 1 unspecified atom stereocenters. The van der Waals surface area contributed by atoms with Crippen LogP contribution >= 0.6 is 0 Å². The lowest BCUT2D eigenvalue weighted by Crippen LogP contribution is -2.31. The van der Waals surface area contributed by atoms with Crippen LogP contribution in [0.15, 0.2) is 18.3 Å². The Hall–Kier alpha value is -0.800. The lowest BCUT2D eigenvalue weighted by molar-refractivity contribution is 0.282. The molecule has 3 nitrogen and oxygen atoms in total. The summed E-state index contributed by atoms with van der Waals surface area (Å²) >= 11 is 0. The molecule has 18 heavy (non-hydrogen) atoms. The van der Waals surface area contributed by atoms with Crippen molar-refractivity contribution in [3.8, 4) is 0 Å². The molecule has 0 aromatic carbocycles. The Kier molecular flexibility index (Phi) is 5.26. The molecule has 1 aromatic heterocycles. The van der Waals surface area contributed by atoms with E-state index in [1.54, 1.807) is 0 Å². The predicted molar refractivity (Wildman–Crippen MR) is 76.7 cm³/mol. The van der Waals surface area contributed by atoms with Gasteiger partial charge in [0.2, 0.25) is 0 Å². The molecular formula is C15H27N3. The maximum absolute atomic E-state index is 3.59. The molecule has 0 radical (unpaired) electrons. The number of likely N-dealkylation sites (tertiary alicyclic amines) is 1. The zero-order valence-electron chi connectivity index (χ0n) is 11.9. The summed E-state index contributed by atoms with van der Waals surface area (Å²) in [5.74, 6) is 0.744. The third-order valence-corrected chi connectivity index (χ3v) is 3.83. The van der Waals surface area contributed by atoms with E-state index in [4.69, 9.17) is 0 Å². The van der Waals surface area contributed by atoms with Gasteiger partial charge in [-0.2, -0.15) is 0 Å². The number of nitrogens with zero attached hydrogens (tertiary/aromatic N) is 2. The molecule has 3 heteroatoms. The highest BCUT2D eigenvalue weighted by atomic mass is 15.1. The molecule has 0 saturated carbocycles. The van der Waals surface area contributed by atoms with Gasteiger partial charge in [0.25, 0.3) is 0 Å². The topological polar surface area (TPSA) is 20.2 Å². The quantitative estimate of drug-likeness (QED) is 0.800. The van der Waals surface area contributed by atoms with Crippen LogP contribution in [0.5, 0.6) is 0 Å². The molecule has 1 aromatic rings. The maximum Gasteiger partial charge on any atom is 0.0359 e. The van der Waals surface area contributed by atoms with E-state index in [0.29, 0.717) is 0 Å². The second kappa shape index (κ2) is 6.95. The van der Waals surface area contributed by atoms with Crippen LogP contribution in [0, 0.1) is 5.92 Å². The maximum atomic E-state index is 3.59. The number of hydrogen-bond acceptors (Lipinski definition) is 2. The van der Waals surface area contributed by atoms with Crippen LogP contribution in [0.2, 0.25) is 0 Å². The summed E-state index contributed by atoms with van der Waals surface area (Å²) in [5.41, 5.74) is 1.39. The Balaban J connectivity index is 1.65. The molecule has 2 rings (SSSR count). The molecule has 0 aliphatic carbocycles. The molecule has 0 amide bonds. The van der Waals surface area contributed by atoms with Crippen molar-refractivity contribution in [2.45, 2.75) is 39.8 Å². The number of hydrogen-bond donors (Lipinski definition) is 1. The molecule has 0 spiro atoms. The van der Waals surface area contributed by atoms with Gasteiger partial charge >= 0.3 is 0 Å². The minimum Gasteiger partial charge on any atom is -0.351 e. The fourth-order valence-electron chi connectivity index (χ4n) is 2.84. The largest absolute Gasteiger partial charge is 0.351 e. The monoisotopic (exact) mass is 249 g/mol. The van der Waals surface area contributed by atoms with Crippen molar-refractivity contribution in [1.82, 2.24) is 14.8 Å². The van der Waals surface area contributed by atoms with E-state index in [-0.39, 0.29) is 0 Å². The second-order valence-electron chi connectivity index (χ2n) is 5.53. The Morgan fingerprint density at radius 1 is 1.33 bits per heavy atom. The summed E-state index contributed by atoms with van der Waals surface area (Å²) in [7, 11) is 0. The van der Waals surface area contributed by atoms with E-state index in [9.17, 15) is 0 Å². The lowest BCUT2D eigenvalue weighted by Gasteiger charge is -2.20. The summed E-state index contributed by atoms with van der Waals surface area (Å²) in [6.07, 6.45) is 4.94. The summed E-state index contributed by atoms with van der Waals surface area (Å²) in [5, 5.41) is 3.59. The third kappa shape index (κ3) is 3.85. The smallest absolute Gasteiger partial charge is 0.0359 e. The first-order valence-corrected chi connectivity index (χ1v) is 7.36. The molecule has 0 bridgehead atoms. The van der Waals surface area contributed by atoms with E-state index >= 15 is 0 Å². The fraction of sp³-hybridized carbons (Fsp3) is 0.733. The molecule has 102 valence electrons. The van der Waals surface area contributed by atoms with Gasteiger partial charge in [-0.1, -0.05) is 6.92 Å². The fourth-order valence-corrected chi connectivity index (χ4v) is 2.84. The van der Waals surface area contributed by atoms with Gasteiger partial charge in [-0.15, -0.1) is 0 Å². The lowest BCUT2D eigenvalue weighted by atomic mass is 10.1. The highest BCUT2D eigenvalue weighted by Gasteiger charge is 2.14. The van der Waals surface area contributed by atoms with Crippen molar-refractivity contribution in [3.63, 3.8) is 0 Å². The van der Waals surface area contributed by atoms with Gasteiger partial charge in [-0.05, 0) is 57.5 Å². The molecule has 1 aliphatic heterocycles. The average molecular weight is 249 g/mol. The number of rotatable bonds is 7. The van der Waals surface area contributed by atoms with Gasteiger partial charge in [0.05, 0.1) is 0 Å². The first kappa shape index (κ1) is 13.6. The third-order valence-electron chi connectivity index (χ3n) is 3.83. The van der Waals surface area contributed by atoms with Crippen LogP contribution < -0.4 is 5.32 Å². The highest BCUT2D eigenvalue weighted by molar-refractivity contribution is 5.06. The first-order valence-electron chi connectivity index (χ1n) is 7.36. The summed E-state index contributed by atoms with van der Waals surface area (Å²) in [4.78, 5) is 2.60. The Morgan fingerprint density at radius 3 is 2.83 bits per heavy atom. The van der Waals surface area contributed by atoms with Crippen molar-refractivity contribution in [2.75, 3.05) is 26.2 Å². The Morgan fingerprint density at radius 2 is 2.11 bits per heavy atom. The molecule has 1 aliphatic rings. The van der Waals surface area contributed by atoms with E-state index in [1.165, 1.54) is 38.2 Å². The number of aromatic nitrogens is 1. The van der Waals surface area contributed by atoms with E-state index in [2.05, 4.69) is 47.0 Å². The molecule has 2 heterocycles. The highest BCUT2D eigenvalue weighted by Crippen LogP contribution is 2.10. The molecule has 1 N–H and O–H groups in total. The molecule has 1 saturated heterocycles. The van der Waals surface area contributed by atoms with Crippen molar-refractivity contribution in [3.05, 3.63) is 24.0 Å². The zero-order valence-corrected chi connectivity index (χ0v) is 11.9. The Bertz CT molecular complexity index is 339. The summed E-state index contributed by atoms with van der Waals surface area (Å²) in [6, 6.07) is 4.34. The van der Waals surface area contributed by atoms with E-state index in [0.717, 1.165) is 25.6 Å². The van der Waals surface area contributed by atoms with E-state index in [1.807, 2.05) is 0 Å². The standard InChI is InChI=1S/C15H27N3/c1-3-18-10-6-7-15(18)12-16-11-14(2)13-17-8-4-5-9-17/h6-7,10,14,16H,3-5,8-9,11-13H2,1-2H3. The van der Waals surface area contributed by atoms with Gasteiger partial charge < -0.3 is 14.8 Å². The van der Waals surface area contributed by atoms with Crippen LogP contribution in [0.3, 0.4) is 0 Å². The zero-order chi connectivity index (χ0) is 12.8. The molecular weight excluding hydrogens is 222 g/mol. The summed E-state index contributed by atoms with van der Waals surface area (Å²) in [6.45, 7) is 11.6. The Labute approximate surface area is 111 Å². The van der Waals surface area contributed by atoms with Gasteiger partial charge in [0.1, 0.15) is 0 Å². The summed E-state index contributed by atoms with van der Waals surface area (Å²) < 4.78 is 2.30. The van der Waals surface area contributed by atoms with Gasteiger partial charge in [0.15, 0.2) is 0 Å². The van der Waals surface area contributed by atoms with Crippen LogP contribution in [0.25, 0.3) is 0 Å². The van der Waals surface area contributed by atoms with Crippen LogP contribution in [-0.2, 0) is 13.1 Å². The molecule has 1 fully saturated rings. The van der Waals surface area contributed by atoms with Crippen molar-refractivity contribution < 1.29 is 0 Å². The normalized spacial score (nSPS) is 18.3. The second-order valence-corrected chi connectivity index (χ2v) is 5.53. The minimum absolute atomic E-state index is 0.744. The van der Waals surface area contributed by atoms with Crippen LogP contribution in [-0.4, -0.2) is 35.6 Å². The van der Waals surface area contributed by atoms with Crippen molar-refractivity contribution >= 4 is 0 Å². The van der Waals surface area contributed by atoms with Gasteiger partial charge in [-0.3, -0.25) is 0 Å². The van der Waals surface area contributed by atoms with Crippen LogP contribution in [0.1, 0.15) is 32.4 Å². The number of nitrogens with one attached hydrogen (secondary N) is 1. The predicted octanol–water partition coefficient (Wildman–Crippen LogP) is 2.33. The van der Waals surface area contributed by atoms with Gasteiger partial charge in [-0.25, -0.2) is 0 Å². The van der Waals surface area contributed by atoms with Crippen molar-refractivity contribution in [2.24, 2.45) is 5.92 Å². The van der Waals surface area contributed by atoms with E-state index < -0.39 is 0 Å².